The summed E-state index contributed by atoms with van der Waals surface area (Å²) in [4.78, 5) is 4.38. The highest BCUT2D eigenvalue weighted by Crippen LogP contribution is 2.28. The lowest BCUT2D eigenvalue weighted by Gasteiger charge is -2.13. The summed E-state index contributed by atoms with van der Waals surface area (Å²) in [5.74, 6) is 0.867. The number of nitrogens with zero attached hydrogens (tertiary/aromatic N) is 1. The van der Waals surface area contributed by atoms with Crippen molar-refractivity contribution < 1.29 is 4.74 Å². The zero-order chi connectivity index (χ0) is 13.1. The van der Waals surface area contributed by atoms with Gasteiger partial charge in [0.2, 0.25) is 0 Å². The highest BCUT2D eigenvalue weighted by atomic mass is 79.9. The average molecular weight is 327 g/mol. The van der Waals surface area contributed by atoms with Gasteiger partial charge < -0.3 is 10.5 Å². The number of hydrogen-bond donors (Lipinski definition) is 1. The van der Waals surface area contributed by atoms with Gasteiger partial charge in [-0.2, -0.15) is 0 Å². The van der Waals surface area contributed by atoms with Crippen LogP contribution in [0.3, 0.4) is 0 Å². The van der Waals surface area contributed by atoms with E-state index in [0.29, 0.717) is 13.2 Å². The summed E-state index contributed by atoms with van der Waals surface area (Å²) in [5, 5.41) is 3.08. The summed E-state index contributed by atoms with van der Waals surface area (Å²) in [6.07, 6.45) is 0. The fraction of sp³-hybridized carbons (Fsp3) is 0.308. The number of aryl methyl sites for hydroxylation is 2. The lowest BCUT2D eigenvalue weighted by atomic mass is 10.1. The van der Waals surface area contributed by atoms with Gasteiger partial charge in [0.1, 0.15) is 12.4 Å². The van der Waals surface area contributed by atoms with Gasteiger partial charge in [-0.3, -0.25) is 0 Å². The van der Waals surface area contributed by atoms with E-state index < -0.39 is 0 Å². The van der Waals surface area contributed by atoms with Crippen LogP contribution in [0.5, 0.6) is 5.75 Å². The minimum atomic E-state index is 0.464. The van der Waals surface area contributed by atoms with Gasteiger partial charge in [-0.25, -0.2) is 4.98 Å². The van der Waals surface area contributed by atoms with Crippen molar-refractivity contribution in [3.63, 3.8) is 0 Å². The van der Waals surface area contributed by atoms with Crippen LogP contribution in [-0.2, 0) is 13.2 Å². The van der Waals surface area contributed by atoms with E-state index in [1.807, 2.05) is 31.4 Å². The molecule has 0 amide bonds. The van der Waals surface area contributed by atoms with Gasteiger partial charge in [0, 0.05) is 22.0 Å². The van der Waals surface area contributed by atoms with Crippen molar-refractivity contribution in [2.45, 2.75) is 27.0 Å². The zero-order valence-electron chi connectivity index (χ0n) is 10.4. The van der Waals surface area contributed by atoms with E-state index in [1.54, 1.807) is 11.3 Å². The molecule has 2 N–H and O–H groups in total. The number of halogens is 1. The second kappa shape index (κ2) is 5.82. The van der Waals surface area contributed by atoms with Crippen molar-refractivity contribution in [2.75, 3.05) is 0 Å². The normalized spacial score (nSPS) is 10.7. The molecule has 0 fully saturated rings. The Morgan fingerprint density at radius 1 is 1.39 bits per heavy atom. The van der Waals surface area contributed by atoms with Crippen LogP contribution in [0.1, 0.15) is 21.8 Å². The predicted octanol–water partition coefficient (Wildman–Crippen LogP) is 3.56. The van der Waals surface area contributed by atoms with Crippen LogP contribution in [0.25, 0.3) is 0 Å². The molecule has 18 heavy (non-hydrogen) atoms. The molecule has 1 aromatic heterocycles. The van der Waals surface area contributed by atoms with E-state index in [0.717, 1.165) is 32.1 Å². The first-order valence-electron chi connectivity index (χ1n) is 5.63. The monoisotopic (exact) mass is 326 g/mol. The van der Waals surface area contributed by atoms with Gasteiger partial charge in [0.25, 0.3) is 0 Å². The molecule has 2 aromatic rings. The molecule has 5 heteroatoms. The molecule has 0 spiro atoms. The van der Waals surface area contributed by atoms with Gasteiger partial charge in [-0.1, -0.05) is 15.9 Å². The molecule has 0 saturated heterocycles. The van der Waals surface area contributed by atoms with Crippen molar-refractivity contribution in [1.82, 2.24) is 4.98 Å². The van der Waals surface area contributed by atoms with Gasteiger partial charge in [-0.05, 0) is 31.5 Å². The van der Waals surface area contributed by atoms with Gasteiger partial charge in [0.05, 0.1) is 10.7 Å². The van der Waals surface area contributed by atoms with E-state index in [9.17, 15) is 0 Å². The lowest BCUT2D eigenvalue weighted by molar-refractivity contribution is 0.296. The quantitative estimate of drug-likeness (QED) is 0.934. The molecular weight excluding hydrogens is 312 g/mol. The molecule has 0 aliphatic rings. The van der Waals surface area contributed by atoms with Crippen molar-refractivity contribution in [2.24, 2.45) is 5.73 Å². The van der Waals surface area contributed by atoms with E-state index in [2.05, 4.69) is 20.9 Å². The molecule has 1 aromatic carbocycles. The molecule has 0 radical (unpaired) electrons. The summed E-state index contributed by atoms with van der Waals surface area (Å²) in [5.41, 5.74) is 8.80. The number of thiazole rings is 1. The Balaban J connectivity index is 2.18. The molecule has 0 bridgehead atoms. The third-order valence-electron chi connectivity index (χ3n) is 2.57. The minimum Gasteiger partial charge on any atom is -0.487 e. The highest BCUT2D eigenvalue weighted by molar-refractivity contribution is 9.10. The standard InChI is InChI=1S/C13H15BrN2OS/c1-8-3-11(14)4-10(5-15)13(8)17-6-12-7-18-9(2)16-12/h3-4,7H,5-6,15H2,1-2H3. The van der Waals surface area contributed by atoms with Crippen LogP contribution < -0.4 is 10.5 Å². The lowest BCUT2D eigenvalue weighted by Crippen LogP contribution is -2.04. The molecule has 0 aliphatic carbocycles. The summed E-state index contributed by atoms with van der Waals surface area (Å²) in [7, 11) is 0. The molecule has 3 nitrogen and oxygen atoms in total. The Labute approximate surface area is 119 Å². The Morgan fingerprint density at radius 2 is 2.17 bits per heavy atom. The van der Waals surface area contributed by atoms with Gasteiger partial charge in [0.15, 0.2) is 0 Å². The summed E-state index contributed by atoms with van der Waals surface area (Å²) >= 11 is 5.10. The Bertz CT molecular complexity index is 554. The van der Waals surface area contributed by atoms with E-state index >= 15 is 0 Å². The third-order valence-corrected chi connectivity index (χ3v) is 3.85. The van der Waals surface area contributed by atoms with E-state index in [-0.39, 0.29) is 0 Å². The number of ether oxygens (including phenoxy) is 1. The number of benzene rings is 1. The zero-order valence-corrected chi connectivity index (χ0v) is 12.8. The first-order valence-corrected chi connectivity index (χ1v) is 7.30. The molecule has 0 saturated carbocycles. The van der Waals surface area contributed by atoms with Crippen LogP contribution in [0.4, 0.5) is 0 Å². The average Bonchev–Trinajstić information content (AvgIpc) is 2.73. The first-order chi connectivity index (χ1) is 8.60. The maximum atomic E-state index is 5.86. The number of nitrogens with two attached hydrogens (primary N) is 1. The highest BCUT2D eigenvalue weighted by Gasteiger charge is 2.09. The topological polar surface area (TPSA) is 48.1 Å². The Hall–Kier alpha value is -0.910. The first kappa shape index (κ1) is 13.5. The van der Waals surface area contributed by atoms with Crippen LogP contribution >= 0.6 is 27.3 Å². The van der Waals surface area contributed by atoms with Crippen molar-refractivity contribution in [3.05, 3.63) is 43.8 Å². The molecular formula is C13H15BrN2OS. The second-order valence-corrected chi connectivity index (χ2v) is 6.04. The number of hydrogen-bond acceptors (Lipinski definition) is 4. The maximum Gasteiger partial charge on any atom is 0.131 e. The second-order valence-electron chi connectivity index (χ2n) is 4.06. The van der Waals surface area contributed by atoms with Crippen molar-refractivity contribution in [3.8, 4) is 5.75 Å². The largest absolute Gasteiger partial charge is 0.487 e. The Kier molecular flexibility index (Phi) is 4.37. The summed E-state index contributed by atoms with van der Waals surface area (Å²) in [6.45, 7) is 4.96. The van der Waals surface area contributed by atoms with Crippen LogP contribution in [0.2, 0.25) is 0 Å². The molecule has 0 atom stereocenters. The predicted molar refractivity (Wildman–Crippen MR) is 78.0 cm³/mol. The SMILES string of the molecule is Cc1nc(COc2c(C)cc(Br)cc2CN)cs1. The van der Waals surface area contributed by atoms with Crippen molar-refractivity contribution in [1.29, 1.82) is 0 Å². The third kappa shape index (κ3) is 3.10. The summed E-state index contributed by atoms with van der Waals surface area (Å²) < 4.78 is 6.88. The van der Waals surface area contributed by atoms with Crippen LogP contribution in [-0.4, -0.2) is 4.98 Å². The van der Waals surface area contributed by atoms with E-state index in [4.69, 9.17) is 10.5 Å². The fourth-order valence-electron chi connectivity index (χ4n) is 1.78. The molecule has 0 unspecified atom stereocenters. The number of aromatic nitrogens is 1. The van der Waals surface area contributed by atoms with Crippen LogP contribution in [0.15, 0.2) is 22.0 Å². The maximum absolute atomic E-state index is 5.86. The van der Waals surface area contributed by atoms with Crippen LogP contribution in [0, 0.1) is 13.8 Å². The van der Waals surface area contributed by atoms with E-state index in [1.165, 1.54) is 0 Å². The smallest absolute Gasteiger partial charge is 0.131 e. The van der Waals surface area contributed by atoms with Gasteiger partial charge in [-0.15, -0.1) is 11.3 Å². The van der Waals surface area contributed by atoms with Crippen molar-refractivity contribution >= 4 is 27.3 Å². The summed E-state index contributed by atoms with van der Waals surface area (Å²) in [6, 6.07) is 4.02. The van der Waals surface area contributed by atoms with Gasteiger partial charge >= 0.3 is 0 Å². The molecule has 1 heterocycles. The molecule has 96 valence electrons. The Morgan fingerprint density at radius 3 is 2.78 bits per heavy atom. The molecule has 0 aliphatic heterocycles. The number of rotatable bonds is 4. The molecule has 2 rings (SSSR count). The minimum absolute atomic E-state index is 0.464. The fourth-order valence-corrected chi connectivity index (χ4v) is 3.00.